The smallest absolute Gasteiger partial charge is 0.161 e. The van der Waals surface area contributed by atoms with Crippen molar-refractivity contribution in [3.63, 3.8) is 0 Å². The van der Waals surface area contributed by atoms with E-state index in [0.29, 0.717) is 10.6 Å². The van der Waals surface area contributed by atoms with Crippen molar-refractivity contribution in [2.75, 3.05) is 37.6 Å². The van der Waals surface area contributed by atoms with E-state index in [0.717, 1.165) is 38.4 Å². The van der Waals surface area contributed by atoms with Crippen LogP contribution in [0, 0.1) is 0 Å². The van der Waals surface area contributed by atoms with Crippen molar-refractivity contribution in [1.29, 1.82) is 0 Å². The summed E-state index contributed by atoms with van der Waals surface area (Å²) in [6, 6.07) is 5.72. The number of halogens is 1. The number of rotatable bonds is 3. The summed E-state index contributed by atoms with van der Waals surface area (Å²) in [5, 5.41) is 0.554. The van der Waals surface area contributed by atoms with Crippen LogP contribution in [0.4, 0.5) is 5.69 Å². The predicted octanol–water partition coefficient (Wildman–Crippen LogP) is 2.68. The van der Waals surface area contributed by atoms with Crippen LogP contribution in [-0.4, -0.2) is 43.4 Å². The van der Waals surface area contributed by atoms with Crippen LogP contribution in [0.3, 0.4) is 0 Å². The van der Waals surface area contributed by atoms with E-state index in [-0.39, 0.29) is 5.78 Å². The lowest BCUT2D eigenvalue weighted by atomic mass is 10.1. The Hall–Kier alpha value is -1.06. The lowest BCUT2D eigenvalue weighted by Gasteiger charge is -2.35. The van der Waals surface area contributed by atoms with E-state index in [4.69, 9.17) is 11.6 Å². The van der Waals surface area contributed by atoms with Crippen molar-refractivity contribution < 1.29 is 4.79 Å². The minimum absolute atomic E-state index is 0.0161. The molecule has 4 heteroatoms. The van der Waals surface area contributed by atoms with E-state index in [1.165, 1.54) is 0 Å². The molecule has 0 aromatic heterocycles. The molecule has 1 fully saturated rings. The third-order valence-corrected chi connectivity index (χ3v) is 3.83. The normalized spacial score (nSPS) is 16.9. The minimum Gasteiger partial charge on any atom is -0.369 e. The van der Waals surface area contributed by atoms with Gasteiger partial charge < -0.3 is 9.80 Å². The van der Waals surface area contributed by atoms with Crippen LogP contribution in [0.25, 0.3) is 0 Å². The number of hydrogen-bond acceptors (Lipinski definition) is 3. The van der Waals surface area contributed by atoms with Gasteiger partial charge in [0.25, 0.3) is 0 Å². The van der Waals surface area contributed by atoms with E-state index >= 15 is 0 Å². The Labute approximate surface area is 113 Å². The Morgan fingerprint density at radius 2 is 1.94 bits per heavy atom. The number of Topliss-reactive ketones (excluding diaryl/α,β-unsaturated/α-hetero) is 1. The summed E-state index contributed by atoms with van der Waals surface area (Å²) in [7, 11) is 0. The number of hydrogen-bond donors (Lipinski definition) is 0. The molecule has 1 saturated heterocycles. The molecule has 18 heavy (non-hydrogen) atoms. The number of carbonyl (C=O) groups is 1. The fourth-order valence-electron chi connectivity index (χ4n) is 2.31. The van der Waals surface area contributed by atoms with Crippen molar-refractivity contribution in [2.24, 2.45) is 0 Å². The summed E-state index contributed by atoms with van der Waals surface area (Å²) in [5.41, 5.74) is 1.72. The molecule has 0 spiro atoms. The Bertz CT molecular complexity index is 439. The van der Waals surface area contributed by atoms with Gasteiger partial charge in [0, 0.05) is 37.4 Å². The molecule has 1 aromatic carbocycles. The maximum Gasteiger partial charge on any atom is 0.161 e. The SMILES string of the molecule is CCN1CCN(c2ccc(C(C)=O)c(Cl)c2)CC1. The van der Waals surface area contributed by atoms with Gasteiger partial charge in [-0.15, -0.1) is 0 Å². The third-order valence-electron chi connectivity index (χ3n) is 3.52. The van der Waals surface area contributed by atoms with E-state index in [9.17, 15) is 4.79 Å². The van der Waals surface area contributed by atoms with Crippen LogP contribution in [0.1, 0.15) is 24.2 Å². The highest BCUT2D eigenvalue weighted by molar-refractivity contribution is 6.34. The zero-order valence-electron chi connectivity index (χ0n) is 10.9. The number of likely N-dealkylation sites (N-methyl/N-ethyl adjacent to an activating group) is 1. The van der Waals surface area contributed by atoms with Gasteiger partial charge >= 0.3 is 0 Å². The number of ketones is 1. The first-order chi connectivity index (χ1) is 8.61. The van der Waals surface area contributed by atoms with Gasteiger partial charge in [-0.25, -0.2) is 0 Å². The number of benzene rings is 1. The average molecular weight is 267 g/mol. The summed E-state index contributed by atoms with van der Waals surface area (Å²) < 4.78 is 0. The zero-order chi connectivity index (χ0) is 13.1. The van der Waals surface area contributed by atoms with Gasteiger partial charge in [0.15, 0.2) is 5.78 Å². The van der Waals surface area contributed by atoms with Crippen LogP contribution in [0.15, 0.2) is 18.2 Å². The summed E-state index contributed by atoms with van der Waals surface area (Å²) in [6.07, 6.45) is 0. The van der Waals surface area contributed by atoms with Gasteiger partial charge in [0.05, 0.1) is 5.02 Å². The molecule has 0 unspecified atom stereocenters. The van der Waals surface area contributed by atoms with E-state index < -0.39 is 0 Å². The van der Waals surface area contributed by atoms with Crippen molar-refractivity contribution in [1.82, 2.24) is 4.90 Å². The van der Waals surface area contributed by atoms with E-state index in [1.807, 2.05) is 18.2 Å². The number of nitrogens with zero attached hydrogens (tertiary/aromatic N) is 2. The molecule has 0 bridgehead atoms. The fraction of sp³-hybridized carbons (Fsp3) is 0.500. The summed E-state index contributed by atoms with van der Waals surface area (Å²) in [5.74, 6) is 0.0161. The van der Waals surface area contributed by atoms with Crippen molar-refractivity contribution in [2.45, 2.75) is 13.8 Å². The number of piperazine rings is 1. The summed E-state index contributed by atoms with van der Waals surface area (Å²) in [6.45, 7) is 9.05. The van der Waals surface area contributed by atoms with Gasteiger partial charge in [-0.2, -0.15) is 0 Å². The molecule has 1 aliphatic rings. The Kier molecular flexibility index (Phi) is 4.25. The number of carbonyl (C=O) groups excluding carboxylic acids is 1. The second-order valence-electron chi connectivity index (χ2n) is 4.64. The quantitative estimate of drug-likeness (QED) is 0.786. The monoisotopic (exact) mass is 266 g/mol. The Morgan fingerprint density at radius 1 is 1.28 bits per heavy atom. The van der Waals surface area contributed by atoms with Crippen molar-refractivity contribution >= 4 is 23.1 Å². The highest BCUT2D eigenvalue weighted by atomic mass is 35.5. The maximum absolute atomic E-state index is 11.3. The number of anilines is 1. The predicted molar refractivity (Wildman–Crippen MR) is 75.8 cm³/mol. The second kappa shape index (κ2) is 5.72. The van der Waals surface area contributed by atoms with E-state index in [1.54, 1.807) is 6.92 Å². The molecule has 1 aromatic rings. The molecule has 0 saturated carbocycles. The van der Waals surface area contributed by atoms with Crippen LogP contribution in [0.2, 0.25) is 5.02 Å². The average Bonchev–Trinajstić information content (AvgIpc) is 2.38. The first-order valence-corrected chi connectivity index (χ1v) is 6.77. The van der Waals surface area contributed by atoms with E-state index in [2.05, 4.69) is 16.7 Å². The molecule has 1 heterocycles. The van der Waals surface area contributed by atoms with Gasteiger partial charge in [0.1, 0.15) is 0 Å². The first-order valence-electron chi connectivity index (χ1n) is 6.39. The molecule has 0 radical (unpaired) electrons. The summed E-state index contributed by atoms with van der Waals surface area (Å²) in [4.78, 5) is 16.1. The second-order valence-corrected chi connectivity index (χ2v) is 5.05. The minimum atomic E-state index is 0.0161. The van der Waals surface area contributed by atoms with Gasteiger partial charge in [-0.05, 0) is 31.7 Å². The summed E-state index contributed by atoms with van der Waals surface area (Å²) >= 11 is 6.14. The van der Waals surface area contributed by atoms with Gasteiger partial charge in [-0.1, -0.05) is 18.5 Å². The lowest BCUT2D eigenvalue weighted by molar-refractivity contribution is 0.101. The molecule has 0 N–H and O–H groups in total. The fourth-order valence-corrected chi connectivity index (χ4v) is 2.62. The zero-order valence-corrected chi connectivity index (χ0v) is 11.7. The Morgan fingerprint density at radius 3 is 2.44 bits per heavy atom. The molecule has 1 aliphatic heterocycles. The highest BCUT2D eigenvalue weighted by Crippen LogP contribution is 2.24. The molecule has 98 valence electrons. The molecule has 0 atom stereocenters. The van der Waals surface area contributed by atoms with Crippen LogP contribution in [0.5, 0.6) is 0 Å². The molecule has 0 aliphatic carbocycles. The molecule has 2 rings (SSSR count). The molecular weight excluding hydrogens is 248 g/mol. The van der Waals surface area contributed by atoms with Crippen molar-refractivity contribution in [3.8, 4) is 0 Å². The molecular formula is C14H19ClN2O. The molecule has 0 amide bonds. The largest absolute Gasteiger partial charge is 0.369 e. The van der Waals surface area contributed by atoms with Gasteiger partial charge in [-0.3, -0.25) is 4.79 Å². The van der Waals surface area contributed by atoms with Gasteiger partial charge in [0.2, 0.25) is 0 Å². The standard InChI is InChI=1S/C14H19ClN2O/c1-3-16-6-8-17(9-7-16)12-4-5-13(11(2)18)14(15)10-12/h4-5,10H,3,6-9H2,1-2H3. The highest BCUT2D eigenvalue weighted by Gasteiger charge is 2.17. The Balaban J connectivity index is 2.11. The first kappa shape index (κ1) is 13.4. The van der Waals surface area contributed by atoms with Crippen molar-refractivity contribution in [3.05, 3.63) is 28.8 Å². The van der Waals surface area contributed by atoms with Crippen LogP contribution in [-0.2, 0) is 0 Å². The third kappa shape index (κ3) is 2.85. The lowest BCUT2D eigenvalue weighted by Crippen LogP contribution is -2.46. The van der Waals surface area contributed by atoms with Crippen LogP contribution < -0.4 is 4.90 Å². The topological polar surface area (TPSA) is 23.6 Å². The maximum atomic E-state index is 11.3. The molecule has 3 nitrogen and oxygen atoms in total. The van der Waals surface area contributed by atoms with Crippen LogP contribution >= 0.6 is 11.6 Å².